The van der Waals surface area contributed by atoms with Crippen LogP contribution < -0.4 is 0 Å². The molecule has 14 heavy (non-hydrogen) atoms. The van der Waals surface area contributed by atoms with Crippen LogP contribution in [0, 0.1) is 0 Å². The first kappa shape index (κ1) is 14.4. The fraction of sp³-hybridized carbons (Fsp3) is 1.00. The average Bonchev–Trinajstić information content (AvgIpc) is 2.09. The van der Waals surface area contributed by atoms with Crippen LogP contribution in [0.25, 0.3) is 0 Å². The highest BCUT2D eigenvalue weighted by atomic mass is 35.5. The van der Waals surface area contributed by atoms with E-state index < -0.39 is 5.51 Å². The highest BCUT2D eigenvalue weighted by Crippen LogP contribution is 2.29. The lowest BCUT2D eigenvalue weighted by molar-refractivity contribution is -0.0328. The van der Waals surface area contributed by atoms with Gasteiger partial charge in [-0.25, -0.2) is 0 Å². The first-order chi connectivity index (χ1) is 6.49. The summed E-state index contributed by atoms with van der Waals surface area (Å²) >= 11 is 5.53. The largest absolute Gasteiger partial charge is 0.441 e. The van der Waals surface area contributed by atoms with E-state index in [4.69, 9.17) is 11.6 Å². The summed E-state index contributed by atoms with van der Waals surface area (Å²) in [5, 5.41) is 0. The lowest BCUT2D eigenvalue weighted by Crippen LogP contribution is -2.28. The number of nitrogens with zero attached hydrogens (tertiary/aromatic N) is 1. The number of alkyl halides is 4. The van der Waals surface area contributed by atoms with Crippen molar-refractivity contribution < 1.29 is 13.2 Å². The lowest BCUT2D eigenvalue weighted by Gasteiger charge is -2.19. The summed E-state index contributed by atoms with van der Waals surface area (Å²) in [4.78, 5) is 1.97. The molecule has 6 heteroatoms. The van der Waals surface area contributed by atoms with Crippen molar-refractivity contribution in [3.8, 4) is 0 Å². The fourth-order valence-electron chi connectivity index (χ4n) is 1.00. The predicted octanol–water partition coefficient (Wildman–Crippen LogP) is 3.19. The molecule has 0 unspecified atom stereocenters. The Bertz CT molecular complexity index is 143. The number of hydrogen-bond donors (Lipinski definition) is 0. The zero-order valence-electron chi connectivity index (χ0n) is 8.11. The van der Waals surface area contributed by atoms with Gasteiger partial charge in [-0.2, -0.15) is 13.2 Å². The Morgan fingerprint density at radius 1 is 1.29 bits per heavy atom. The minimum atomic E-state index is -4.11. The van der Waals surface area contributed by atoms with Crippen molar-refractivity contribution in [2.24, 2.45) is 0 Å². The van der Waals surface area contributed by atoms with E-state index in [0.29, 0.717) is 12.4 Å². The summed E-state index contributed by atoms with van der Waals surface area (Å²) in [5.41, 5.74) is -4.11. The van der Waals surface area contributed by atoms with Gasteiger partial charge < -0.3 is 4.90 Å². The average molecular weight is 250 g/mol. The molecule has 0 saturated heterocycles. The van der Waals surface area contributed by atoms with Gasteiger partial charge in [0.15, 0.2) is 0 Å². The molecule has 0 radical (unpaired) electrons. The molecular weight excluding hydrogens is 235 g/mol. The first-order valence-electron chi connectivity index (χ1n) is 4.48. The maximum Gasteiger partial charge on any atom is 0.441 e. The Labute approximate surface area is 92.0 Å². The molecule has 0 aliphatic heterocycles. The summed E-state index contributed by atoms with van der Waals surface area (Å²) in [6.45, 7) is 3.96. The second-order valence-electron chi connectivity index (χ2n) is 2.77. The van der Waals surface area contributed by atoms with Gasteiger partial charge in [0.2, 0.25) is 0 Å². The molecule has 0 fully saturated rings. The van der Waals surface area contributed by atoms with Gasteiger partial charge in [-0.15, -0.1) is 11.6 Å². The van der Waals surface area contributed by atoms with Gasteiger partial charge in [0.05, 0.1) is 0 Å². The summed E-state index contributed by atoms with van der Waals surface area (Å²) in [5.74, 6) is 0.655. The highest BCUT2D eigenvalue weighted by Gasteiger charge is 2.27. The summed E-state index contributed by atoms with van der Waals surface area (Å²) in [6.07, 6.45) is 0.825. The smallest absolute Gasteiger partial charge is 0.303 e. The van der Waals surface area contributed by atoms with Crippen LogP contribution >= 0.6 is 23.4 Å². The van der Waals surface area contributed by atoms with Crippen LogP contribution in [0.4, 0.5) is 13.2 Å². The van der Waals surface area contributed by atoms with Crippen molar-refractivity contribution in [1.82, 2.24) is 4.90 Å². The van der Waals surface area contributed by atoms with Crippen LogP contribution in [0.5, 0.6) is 0 Å². The minimum Gasteiger partial charge on any atom is -0.303 e. The standard InChI is InChI=1S/C8H15ClF3NS/c1-2-13(5-3-4-9)6-7-14-8(10,11)12/h2-7H2,1H3. The molecule has 1 nitrogen and oxygen atoms in total. The van der Waals surface area contributed by atoms with Crippen LogP contribution in [-0.2, 0) is 0 Å². The van der Waals surface area contributed by atoms with E-state index in [2.05, 4.69) is 0 Å². The Morgan fingerprint density at radius 3 is 2.36 bits per heavy atom. The van der Waals surface area contributed by atoms with E-state index in [-0.39, 0.29) is 17.5 Å². The van der Waals surface area contributed by atoms with Gasteiger partial charge in [0.25, 0.3) is 0 Å². The molecule has 0 aromatic heterocycles. The molecule has 0 saturated carbocycles. The van der Waals surface area contributed by atoms with Gasteiger partial charge in [-0.05, 0) is 31.3 Å². The summed E-state index contributed by atoms with van der Waals surface area (Å²) in [6, 6.07) is 0. The Morgan fingerprint density at radius 2 is 1.93 bits per heavy atom. The van der Waals surface area contributed by atoms with Gasteiger partial charge >= 0.3 is 5.51 Å². The molecule has 0 N–H and O–H groups in total. The topological polar surface area (TPSA) is 3.24 Å². The number of hydrogen-bond acceptors (Lipinski definition) is 2. The van der Waals surface area contributed by atoms with Crippen molar-refractivity contribution in [3.05, 3.63) is 0 Å². The first-order valence-corrected chi connectivity index (χ1v) is 6.00. The zero-order valence-corrected chi connectivity index (χ0v) is 9.68. The third-order valence-electron chi connectivity index (χ3n) is 1.73. The molecule has 0 spiro atoms. The monoisotopic (exact) mass is 249 g/mol. The molecule has 0 atom stereocenters. The second kappa shape index (κ2) is 7.65. The van der Waals surface area contributed by atoms with Crippen molar-refractivity contribution in [2.45, 2.75) is 18.9 Å². The third kappa shape index (κ3) is 8.97. The molecule has 0 amide bonds. The second-order valence-corrected chi connectivity index (χ2v) is 4.31. The number of halogens is 4. The molecule has 0 aliphatic carbocycles. The van der Waals surface area contributed by atoms with Crippen LogP contribution in [-0.4, -0.2) is 41.7 Å². The number of rotatable bonds is 7. The van der Waals surface area contributed by atoms with E-state index in [1.54, 1.807) is 0 Å². The molecule has 0 aromatic carbocycles. The van der Waals surface area contributed by atoms with Crippen molar-refractivity contribution >= 4 is 23.4 Å². The maximum absolute atomic E-state index is 11.8. The normalized spacial score (nSPS) is 12.4. The molecule has 0 rings (SSSR count). The molecule has 0 aromatic rings. The zero-order chi connectivity index (χ0) is 11.0. The van der Waals surface area contributed by atoms with Crippen molar-refractivity contribution in [2.75, 3.05) is 31.3 Å². The fourth-order valence-corrected chi connectivity index (χ4v) is 1.70. The maximum atomic E-state index is 11.8. The Hall–Kier alpha value is 0.390. The van der Waals surface area contributed by atoms with E-state index in [9.17, 15) is 13.2 Å². The van der Waals surface area contributed by atoms with Gasteiger partial charge in [-0.1, -0.05) is 6.92 Å². The molecule has 0 heterocycles. The van der Waals surface area contributed by atoms with Crippen LogP contribution in [0.15, 0.2) is 0 Å². The van der Waals surface area contributed by atoms with E-state index >= 15 is 0 Å². The summed E-state index contributed by atoms with van der Waals surface area (Å²) in [7, 11) is 0. The quantitative estimate of drug-likeness (QED) is 0.638. The van der Waals surface area contributed by atoms with Gasteiger partial charge in [0, 0.05) is 18.2 Å². The van der Waals surface area contributed by atoms with Gasteiger partial charge in [-0.3, -0.25) is 0 Å². The van der Waals surface area contributed by atoms with E-state index in [0.717, 1.165) is 19.5 Å². The van der Waals surface area contributed by atoms with Crippen LogP contribution in [0.3, 0.4) is 0 Å². The summed E-state index contributed by atoms with van der Waals surface area (Å²) < 4.78 is 35.4. The highest BCUT2D eigenvalue weighted by molar-refractivity contribution is 8.00. The van der Waals surface area contributed by atoms with E-state index in [1.807, 2.05) is 11.8 Å². The SMILES string of the molecule is CCN(CCCCl)CCSC(F)(F)F. The molecule has 0 bridgehead atoms. The van der Waals surface area contributed by atoms with Crippen molar-refractivity contribution in [1.29, 1.82) is 0 Å². The van der Waals surface area contributed by atoms with E-state index in [1.165, 1.54) is 0 Å². The Balaban J connectivity index is 3.52. The lowest BCUT2D eigenvalue weighted by atomic mass is 10.4. The van der Waals surface area contributed by atoms with Crippen LogP contribution in [0.1, 0.15) is 13.3 Å². The number of thioether (sulfide) groups is 1. The van der Waals surface area contributed by atoms with Crippen LogP contribution in [0.2, 0.25) is 0 Å². The minimum absolute atomic E-state index is 0.0361. The Kier molecular flexibility index (Phi) is 7.86. The van der Waals surface area contributed by atoms with Gasteiger partial charge in [0.1, 0.15) is 0 Å². The molecule has 0 aliphatic rings. The third-order valence-corrected chi connectivity index (χ3v) is 2.71. The molecule has 86 valence electrons. The predicted molar refractivity (Wildman–Crippen MR) is 56.0 cm³/mol. The van der Waals surface area contributed by atoms with Crippen molar-refractivity contribution in [3.63, 3.8) is 0 Å². The molecular formula is C8H15ClF3NS.